The minimum atomic E-state index is -0.182. The number of rotatable bonds is 7. The molecule has 0 saturated carbocycles. The summed E-state index contributed by atoms with van der Waals surface area (Å²) in [6, 6.07) is 6.87. The summed E-state index contributed by atoms with van der Waals surface area (Å²) in [6.45, 7) is 4.40. The van der Waals surface area contributed by atoms with E-state index in [-0.39, 0.29) is 18.4 Å². The predicted octanol–water partition coefficient (Wildman–Crippen LogP) is 2.47. The fourth-order valence-corrected chi connectivity index (χ4v) is 2.56. The predicted molar refractivity (Wildman–Crippen MR) is 90.1 cm³/mol. The summed E-state index contributed by atoms with van der Waals surface area (Å²) in [6.07, 6.45) is 2.40. The first kappa shape index (κ1) is 17.0. The van der Waals surface area contributed by atoms with Gasteiger partial charge in [-0.05, 0) is 37.6 Å². The van der Waals surface area contributed by atoms with Crippen LogP contribution in [0, 0.1) is 0 Å². The summed E-state index contributed by atoms with van der Waals surface area (Å²) in [7, 11) is 0. The van der Waals surface area contributed by atoms with Gasteiger partial charge < -0.3 is 15.4 Å². The molecule has 0 saturated heterocycles. The minimum Gasteiger partial charge on any atom is -0.484 e. The maximum absolute atomic E-state index is 12.1. The zero-order valence-corrected chi connectivity index (χ0v) is 13.9. The van der Waals surface area contributed by atoms with Crippen LogP contribution in [0.3, 0.4) is 0 Å². The van der Waals surface area contributed by atoms with E-state index in [1.807, 2.05) is 13.8 Å². The van der Waals surface area contributed by atoms with Crippen LogP contribution < -0.4 is 15.4 Å². The van der Waals surface area contributed by atoms with Gasteiger partial charge in [0.05, 0.1) is 11.2 Å². The molecular weight excluding hydrogens is 314 g/mol. The molecule has 1 aromatic heterocycles. The topological polar surface area (TPSA) is 80.3 Å². The van der Waals surface area contributed by atoms with E-state index in [0.717, 1.165) is 11.4 Å². The van der Waals surface area contributed by atoms with E-state index in [4.69, 9.17) is 4.74 Å². The Morgan fingerprint density at radius 3 is 2.57 bits per heavy atom. The highest BCUT2D eigenvalue weighted by atomic mass is 32.1. The Balaban J connectivity index is 1.89. The molecule has 2 rings (SSSR count). The fourth-order valence-electron chi connectivity index (χ4n) is 1.80. The van der Waals surface area contributed by atoms with Gasteiger partial charge in [-0.1, -0.05) is 6.92 Å². The largest absolute Gasteiger partial charge is 0.484 e. The molecule has 1 aromatic carbocycles. The molecule has 0 unspecified atom stereocenters. The van der Waals surface area contributed by atoms with E-state index in [0.29, 0.717) is 22.9 Å². The third kappa shape index (κ3) is 5.07. The zero-order valence-electron chi connectivity index (χ0n) is 13.1. The molecule has 0 bridgehead atoms. The Morgan fingerprint density at radius 2 is 1.96 bits per heavy atom. The molecule has 0 fully saturated rings. The quantitative estimate of drug-likeness (QED) is 0.816. The van der Waals surface area contributed by atoms with E-state index in [1.54, 1.807) is 30.5 Å². The average Bonchev–Trinajstić information content (AvgIpc) is 3.04. The summed E-state index contributed by atoms with van der Waals surface area (Å²) in [5.74, 6) is 0.223. The summed E-state index contributed by atoms with van der Waals surface area (Å²) >= 11 is 1.39. The van der Waals surface area contributed by atoms with Gasteiger partial charge in [-0.3, -0.25) is 9.59 Å². The van der Waals surface area contributed by atoms with Crippen LogP contribution in [0.1, 0.15) is 28.5 Å². The van der Waals surface area contributed by atoms with Gasteiger partial charge in [0.1, 0.15) is 10.6 Å². The second-order valence-corrected chi connectivity index (χ2v) is 5.81. The molecule has 1 heterocycles. The number of benzene rings is 1. The van der Waals surface area contributed by atoms with Crippen LogP contribution in [0.2, 0.25) is 0 Å². The first-order valence-corrected chi connectivity index (χ1v) is 8.19. The number of likely N-dealkylation sites (N-methyl/N-ethyl adjacent to an activating group) is 1. The molecule has 0 radical (unpaired) electrons. The molecule has 0 spiro atoms. The van der Waals surface area contributed by atoms with E-state index in [1.165, 1.54) is 11.3 Å². The minimum absolute atomic E-state index is 0.0276. The molecule has 0 aliphatic heterocycles. The Kier molecular flexibility index (Phi) is 6.10. The van der Waals surface area contributed by atoms with Gasteiger partial charge in [0.15, 0.2) is 6.61 Å². The lowest BCUT2D eigenvalue weighted by Gasteiger charge is -2.07. The van der Waals surface area contributed by atoms with Crippen molar-refractivity contribution >= 4 is 28.8 Å². The van der Waals surface area contributed by atoms with Crippen molar-refractivity contribution in [1.82, 2.24) is 10.3 Å². The summed E-state index contributed by atoms with van der Waals surface area (Å²) in [4.78, 5) is 28.2. The number of hydrogen-bond donors (Lipinski definition) is 2. The lowest BCUT2D eigenvalue weighted by Crippen LogP contribution is -2.28. The van der Waals surface area contributed by atoms with Gasteiger partial charge in [0.2, 0.25) is 0 Å². The van der Waals surface area contributed by atoms with E-state index >= 15 is 0 Å². The number of amides is 2. The molecule has 0 aliphatic carbocycles. The maximum Gasteiger partial charge on any atom is 0.267 e. The van der Waals surface area contributed by atoms with E-state index in [2.05, 4.69) is 15.6 Å². The van der Waals surface area contributed by atoms with Gasteiger partial charge >= 0.3 is 0 Å². The first-order valence-electron chi connectivity index (χ1n) is 7.38. The van der Waals surface area contributed by atoms with Gasteiger partial charge in [0.25, 0.3) is 11.8 Å². The third-order valence-electron chi connectivity index (χ3n) is 2.94. The highest BCUT2D eigenvalue weighted by Crippen LogP contribution is 2.18. The number of aryl methyl sites for hydroxylation is 1. The van der Waals surface area contributed by atoms with Crippen molar-refractivity contribution in [3.8, 4) is 5.75 Å². The van der Waals surface area contributed by atoms with Gasteiger partial charge in [-0.25, -0.2) is 4.98 Å². The van der Waals surface area contributed by atoms with Crippen LogP contribution in [0.25, 0.3) is 0 Å². The highest BCUT2D eigenvalue weighted by Gasteiger charge is 2.10. The Morgan fingerprint density at radius 1 is 1.22 bits per heavy atom. The normalized spacial score (nSPS) is 10.2. The molecule has 2 N–H and O–H groups in total. The molecule has 23 heavy (non-hydrogen) atoms. The van der Waals surface area contributed by atoms with Crippen molar-refractivity contribution in [1.29, 1.82) is 0 Å². The Hall–Kier alpha value is -2.41. The number of thiazole rings is 1. The molecule has 7 heteroatoms. The molecular formula is C16H19N3O3S. The van der Waals surface area contributed by atoms with E-state index < -0.39 is 0 Å². The Labute approximate surface area is 138 Å². The number of hydrogen-bond acceptors (Lipinski definition) is 5. The van der Waals surface area contributed by atoms with Gasteiger partial charge in [0, 0.05) is 12.2 Å². The van der Waals surface area contributed by atoms with Gasteiger partial charge in [-0.2, -0.15) is 0 Å². The van der Waals surface area contributed by atoms with Gasteiger partial charge in [-0.15, -0.1) is 11.3 Å². The van der Waals surface area contributed by atoms with Crippen LogP contribution in [-0.4, -0.2) is 29.9 Å². The third-order valence-corrected chi connectivity index (χ3v) is 4.08. The number of aromatic nitrogens is 1. The second kappa shape index (κ2) is 8.28. The highest BCUT2D eigenvalue weighted by molar-refractivity contribution is 7.13. The number of ether oxygens (including phenoxy) is 1. The zero-order chi connectivity index (χ0) is 16.7. The molecule has 0 aliphatic rings. The second-order valence-electron chi connectivity index (χ2n) is 4.69. The monoisotopic (exact) mass is 333 g/mol. The lowest BCUT2D eigenvalue weighted by molar-refractivity contribution is -0.122. The number of carbonyl (C=O) groups excluding carboxylic acids is 2. The number of nitrogens with zero attached hydrogens (tertiary/aromatic N) is 1. The van der Waals surface area contributed by atoms with Crippen molar-refractivity contribution < 1.29 is 14.3 Å². The smallest absolute Gasteiger partial charge is 0.267 e. The van der Waals surface area contributed by atoms with Crippen molar-refractivity contribution in [3.63, 3.8) is 0 Å². The van der Waals surface area contributed by atoms with E-state index in [9.17, 15) is 9.59 Å². The standard InChI is InChI=1S/C16H19N3O3S/c1-3-15-18-9-13(23-15)16(21)19-11-5-7-12(8-6-11)22-10-14(20)17-4-2/h5-9H,3-4,10H2,1-2H3,(H,17,20)(H,19,21). The van der Waals surface area contributed by atoms with Crippen molar-refractivity contribution in [3.05, 3.63) is 40.3 Å². The van der Waals surface area contributed by atoms with Crippen LogP contribution in [0.15, 0.2) is 30.5 Å². The maximum atomic E-state index is 12.1. The SMILES string of the molecule is CCNC(=O)COc1ccc(NC(=O)c2cnc(CC)s2)cc1. The molecule has 6 nitrogen and oxygen atoms in total. The van der Waals surface area contributed by atoms with Crippen molar-refractivity contribution in [2.24, 2.45) is 0 Å². The van der Waals surface area contributed by atoms with Crippen LogP contribution in [0.4, 0.5) is 5.69 Å². The Bertz CT molecular complexity index is 667. The van der Waals surface area contributed by atoms with Crippen molar-refractivity contribution in [2.75, 3.05) is 18.5 Å². The summed E-state index contributed by atoms with van der Waals surface area (Å²) in [5, 5.41) is 6.39. The molecule has 122 valence electrons. The molecule has 2 amide bonds. The van der Waals surface area contributed by atoms with Crippen LogP contribution in [-0.2, 0) is 11.2 Å². The summed E-state index contributed by atoms with van der Waals surface area (Å²) in [5.41, 5.74) is 0.659. The van der Waals surface area contributed by atoms with Crippen molar-refractivity contribution in [2.45, 2.75) is 20.3 Å². The molecule has 2 aromatic rings. The van der Waals surface area contributed by atoms with Crippen LogP contribution in [0.5, 0.6) is 5.75 Å². The fraction of sp³-hybridized carbons (Fsp3) is 0.312. The van der Waals surface area contributed by atoms with Crippen LogP contribution >= 0.6 is 11.3 Å². The average molecular weight is 333 g/mol. The number of nitrogens with one attached hydrogen (secondary N) is 2. The first-order chi connectivity index (χ1) is 11.1. The number of carbonyl (C=O) groups is 2. The lowest BCUT2D eigenvalue weighted by atomic mass is 10.3. The number of anilines is 1. The summed E-state index contributed by atoms with van der Waals surface area (Å²) < 4.78 is 5.35. The molecule has 0 atom stereocenters.